The Bertz CT molecular complexity index is 1190. The van der Waals surface area contributed by atoms with Crippen molar-refractivity contribution < 1.29 is 17.9 Å². The molecule has 1 aliphatic heterocycles. The Labute approximate surface area is 177 Å². The normalized spacial score (nSPS) is 17.7. The van der Waals surface area contributed by atoms with Crippen molar-refractivity contribution in [1.82, 2.24) is 0 Å². The summed E-state index contributed by atoms with van der Waals surface area (Å²) in [5, 5.41) is 0. The maximum absolute atomic E-state index is 13.5. The number of fused-ring (bicyclic) bond motifs is 1. The molecule has 0 spiro atoms. The number of anilines is 1. The molecule has 30 heavy (non-hydrogen) atoms. The van der Waals surface area contributed by atoms with E-state index in [1.54, 1.807) is 42.5 Å². The van der Waals surface area contributed by atoms with Crippen molar-refractivity contribution in [3.8, 4) is 5.75 Å². The molecule has 0 radical (unpaired) electrons. The van der Waals surface area contributed by atoms with Crippen LogP contribution in [0.15, 0.2) is 82.8 Å². The van der Waals surface area contributed by atoms with E-state index >= 15 is 0 Å². The number of sulfonamides is 1. The number of benzene rings is 2. The number of carbonyl (C=O) groups excluding carboxylic acids is 1. The van der Waals surface area contributed by atoms with Gasteiger partial charge in [-0.05, 0) is 55.7 Å². The standard InChI is InChI=1S/C24H23NO4S/c1-17-8-11-21(12-9-17)30(27,28)25-16-19(14-18-6-4-3-5-7-18)24(26)22-15-20(29-2)10-13-23(22)25/h3-4,6,8-15H,5,7,16H2,1-2H3. The van der Waals surface area contributed by atoms with Crippen LogP contribution in [0, 0.1) is 6.92 Å². The molecule has 2 aliphatic rings. The molecule has 4 rings (SSSR count). The molecule has 0 fully saturated rings. The summed E-state index contributed by atoms with van der Waals surface area (Å²) in [6.07, 6.45) is 9.54. The topological polar surface area (TPSA) is 63.7 Å². The van der Waals surface area contributed by atoms with E-state index < -0.39 is 10.0 Å². The molecule has 5 nitrogen and oxygen atoms in total. The molecule has 0 aromatic heterocycles. The lowest BCUT2D eigenvalue weighted by molar-refractivity contribution is 0.103. The van der Waals surface area contributed by atoms with Crippen molar-refractivity contribution in [3.63, 3.8) is 0 Å². The fourth-order valence-corrected chi connectivity index (χ4v) is 5.12. The van der Waals surface area contributed by atoms with E-state index in [-0.39, 0.29) is 17.2 Å². The number of allylic oxidation sites excluding steroid dienone is 5. The highest BCUT2D eigenvalue weighted by molar-refractivity contribution is 7.92. The number of hydrogen-bond donors (Lipinski definition) is 0. The number of methoxy groups -OCH3 is 1. The molecule has 2 aromatic carbocycles. The molecule has 0 amide bonds. The summed E-state index contributed by atoms with van der Waals surface area (Å²) in [4.78, 5) is 13.4. The van der Waals surface area contributed by atoms with Crippen LogP contribution in [0.25, 0.3) is 0 Å². The molecular weight excluding hydrogens is 398 g/mol. The quantitative estimate of drug-likeness (QED) is 0.677. The van der Waals surface area contributed by atoms with E-state index in [0.29, 0.717) is 22.6 Å². The van der Waals surface area contributed by atoms with Gasteiger partial charge in [-0.1, -0.05) is 42.0 Å². The van der Waals surface area contributed by atoms with Crippen molar-refractivity contribution in [1.29, 1.82) is 0 Å². The first-order valence-corrected chi connectivity index (χ1v) is 11.2. The molecule has 0 saturated carbocycles. The van der Waals surface area contributed by atoms with Gasteiger partial charge in [0.05, 0.1) is 29.8 Å². The first-order chi connectivity index (χ1) is 14.4. The van der Waals surface area contributed by atoms with Crippen LogP contribution in [0.2, 0.25) is 0 Å². The number of carbonyl (C=O) groups is 1. The largest absolute Gasteiger partial charge is 0.497 e. The molecule has 1 aliphatic carbocycles. The second-order valence-corrected chi connectivity index (χ2v) is 9.28. The Morgan fingerprint density at radius 3 is 2.53 bits per heavy atom. The Morgan fingerprint density at radius 2 is 1.87 bits per heavy atom. The van der Waals surface area contributed by atoms with E-state index in [9.17, 15) is 13.2 Å². The third-order valence-corrected chi connectivity index (χ3v) is 7.11. The summed E-state index contributed by atoms with van der Waals surface area (Å²) in [5.41, 5.74) is 3.14. The van der Waals surface area contributed by atoms with Crippen molar-refractivity contribution in [2.45, 2.75) is 24.7 Å². The molecular formula is C24H23NO4S. The summed E-state index contributed by atoms with van der Waals surface area (Å²) in [5.74, 6) is 0.338. The van der Waals surface area contributed by atoms with Gasteiger partial charge in [-0.3, -0.25) is 9.10 Å². The summed E-state index contributed by atoms with van der Waals surface area (Å²) >= 11 is 0. The summed E-state index contributed by atoms with van der Waals surface area (Å²) in [7, 11) is -2.32. The van der Waals surface area contributed by atoms with E-state index in [0.717, 1.165) is 24.0 Å². The minimum absolute atomic E-state index is 0.00454. The third-order valence-electron chi connectivity index (χ3n) is 5.34. The molecule has 2 aromatic rings. The van der Waals surface area contributed by atoms with Gasteiger partial charge in [0, 0.05) is 5.57 Å². The zero-order chi connectivity index (χ0) is 21.3. The van der Waals surface area contributed by atoms with Crippen molar-refractivity contribution >= 4 is 21.5 Å². The SMILES string of the molecule is COc1ccc2c(c1)C(=O)C(=CC1=CC=CCC1)CN2S(=O)(=O)c1ccc(C)cc1. The minimum atomic E-state index is -3.84. The third kappa shape index (κ3) is 3.71. The van der Waals surface area contributed by atoms with E-state index in [1.807, 2.05) is 25.2 Å². The molecule has 0 atom stereocenters. The molecule has 6 heteroatoms. The highest BCUT2D eigenvalue weighted by atomic mass is 32.2. The summed E-state index contributed by atoms with van der Waals surface area (Å²) in [6, 6.07) is 11.7. The van der Waals surface area contributed by atoms with Crippen molar-refractivity contribution in [2.24, 2.45) is 0 Å². The molecule has 0 N–H and O–H groups in total. The van der Waals surface area contributed by atoms with Gasteiger partial charge in [0.1, 0.15) is 5.75 Å². The van der Waals surface area contributed by atoms with Gasteiger partial charge in [0.2, 0.25) is 0 Å². The van der Waals surface area contributed by atoms with Crippen LogP contribution >= 0.6 is 0 Å². The summed E-state index contributed by atoms with van der Waals surface area (Å²) < 4.78 is 33.6. The van der Waals surface area contributed by atoms with Crippen LogP contribution in [-0.2, 0) is 10.0 Å². The highest BCUT2D eigenvalue weighted by Gasteiger charge is 2.35. The molecule has 0 bridgehead atoms. The van der Waals surface area contributed by atoms with Crippen LogP contribution in [0.4, 0.5) is 5.69 Å². The number of nitrogens with zero attached hydrogens (tertiary/aromatic N) is 1. The van der Waals surface area contributed by atoms with Gasteiger partial charge in [-0.25, -0.2) is 8.42 Å². The Morgan fingerprint density at radius 1 is 1.10 bits per heavy atom. The molecule has 154 valence electrons. The van der Waals surface area contributed by atoms with Gasteiger partial charge < -0.3 is 4.74 Å². The lowest BCUT2D eigenvalue weighted by atomic mass is 9.94. The lowest BCUT2D eigenvalue weighted by Gasteiger charge is -2.31. The predicted octanol–water partition coefficient (Wildman–Crippen LogP) is 4.60. The van der Waals surface area contributed by atoms with Crippen molar-refractivity contribution in [3.05, 3.63) is 89.0 Å². The second-order valence-electron chi connectivity index (χ2n) is 7.41. The van der Waals surface area contributed by atoms with Gasteiger partial charge in [0.15, 0.2) is 5.78 Å². The van der Waals surface area contributed by atoms with Crippen LogP contribution in [0.1, 0.15) is 28.8 Å². The van der Waals surface area contributed by atoms with Crippen molar-refractivity contribution in [2.75, 3.05) is 18.0 Å². The minimum Gasteiger partial charge on any atom is -0.497 e. The predicted molar refractivity (Wildman–Crippen MR) is 118 cm³/mol. The highest BCUT2D eigenvalue weighted by Crippen LogP contribution is 2.36. The van der Waals surface area contributed by atoms with Gasteiger partial charge >= 0.3 is 0 Å². The summed E-state index contributed by atoms with van der Waals surface area (Å²) in [6.45, 7) is 1.90. The maximum atomic E-state index is 13.5. The van der Waals surface area contributed by atoms with Gasteiger partial charge in [0.25, 0.3) is 10.0 Å². The van der Waals surface area contributed by atoms with E-state index in [2.05, 4.69) is 6.08 Å². The number of ether oxygens (including phenoxy) is 1. The fraction of sp³-hybridized carbons (Fsp3) is 0.208. The fourth-order valence-electron chi connectivity index (χ4n) is 3.65. The monoisotopic (exact) mass is 421 g/mol. The number of rotatable bonds is 4. The molecule has 1 heterocycles. The molecule has 0 unspecified atom stereocenters. The molecule has 0 saturated heterocycles. The zero-order valence-electron chi connectivity index (χ0n) is 17.0. The lowest BCUT2D eigenvalue weighted by Crippen LogP contribution is -2.39. The second kappa shape index (κ2) is 7.95. The zero-order valence-corrected chi connectivity index (χ0v) is 17.8. The first kappa shape index (κ1) is 20.2. The average molecular weight is 422 g/mol. The van der Waals surface area contributed by atoms with Crippen LogP contribution < -0.4 is 9.04 Å². The van der Waals surface area contributed by atoms with Crippen LogP contribution in [0.3, 0.4) is 0 Å². The first-order valence-electron chi connectivity index (χ1n) is 9.78. The Kier molecular flexibility index (Phi) is 5.35. The number of hydrogen-bond acceptors (Lipinski definition) is 4. The number of aryl methyl sites for hydroxylation is 1. The number of Topliss-reactive ketones (excluding diaryl/α,β-unsaturated/α-hetero) is 1. The van der Waals surface area contributed by atoms with Gasteiger partial charge in [-0.15, -0.1) is 0 Å². The Balaban J connectivity index is 1.85. The smallest absolute Gasteiger partial charge is 0.264 e. The number of ketones is 1. The van der Waals surface area contributed by atoms with E-state index in [4.69, 9.17) is 4.74 Å². The Hall–Kier alpha value is -3.12. The average Bonchev–Trinajstić information content (AvgIpc) is 2.76. The van der Waals surface area contributed by atoms with Crippen LogP contribution in [-0.4, -0.2) is 27.9 Å². The van der Waals surface area contributed by atoms with E-state index in [1.165, 1.54) is 11.4 Å². The maximum Gasteiger partial charge on any atom is 0.264 e. The van der Waals surface area contributed by atoms with Crippen LogP contribution in [0.5, 0.6) is 5.75 Å². The van der Waals surface area contributed by atoms with Gasteiger partial charge in [-0.2, -0.15) is 0 Å².